The lowest BCUT2D eigenvalue weighted by atomic mass is 9.73. The number of benzene rings is 2. The molecule has 32 heavy (non-hydrogen) atoms. The van der Waals surface area contributed by atoms with E-state index in [0.717, 1.165) is 0 Å². The maximum atomic E-state index is 13.7. The summed E-state index contributed by atoms with van der Waals surface area (Å²) in [5, 5.41) is 1.06. The summed E-state index contributed by atoms with van der Waals surface area (Å²) in [7, 11) is 1.78. The number of ether oxygens (including phenoxy) is 2. The van der Waals surface area contributed by atoms with Crippen LogP contribution in [0.3, 0.4) is 0 Å². The molecule has 0 bridgehead atoms. The molecule has 0 aliphatic carbocycles. The molecule has 8 heteroatoms. The van der Waals surface area contributed by atoms with Crippen molar-refractivity contribution in [2.45, 2.75) is 25.9 Å². The van der Waals surface area contributed by atoms with Gasteiger partial charge in [0.25, 0.3) is 0 Å². The lowest BCUT2D eigenvalue weighted by Crippen LogP contribution is -2.54. The summed E-state index contributed by atoms with van der Waals surface area (Å²) in [6.07, 6.45) is 0. The average molecular weight is 478 g/mol. The lowest BCUT2D eigenvalue weighted by Gasteiger charge is -2.46. The highest BCUT2D eigenvalue weighted by Crippen LogP contribution is 2.46. The zero-order valence-electron chi connectivity index (χ0n) is 18.1. The topological polar surface area (TPSA) is 72.9 Å². The van der Waals surface area contributed by atoms with Crippen LogP contribution in [0.25, 0.3) is 0 Å². The second-order valence-electron chi connectivity index (χ2n) is 7.52. The molecule has 4 atom stereocenters. The summed E-state index contributed by atoms with van der Waals surface area (Å²) in [5.41, 5.74) is 1.43. The Balaban J connectivity index is 2.17. The molecule has 0 spiro atoms. The first-order chi connectivity index (χ1) is 15.3. The fraction of sp³-hybridized carbons (Fsp3) is 0.375. The molecule has 4 unspecified atom stereocenters. The number of Topliss-reactive ketones (excluding diaryl/α,β-unsaturated/α-hetero) is 1. The summed E-state index contributed by atoms with van der Waals surface area (Å²) in [5.74, 6) is -4.26. The van der Waals surface area contributed by atoms with E-state index in [1.54, 1.807) is 69.4 Å². The minimum absolute atomic E-state index is 0.115. The van der Waals surface area contributed by atoms with Crippen LogP contribution in [-0.4, -0.2) is 42.9 Å². The third-order valence-corrected chi connectivity index (χ3v) is 6.13. The Hall–Kier alpha value is -2.41. The van der Waals surface area contributed by atoms with Crippen LogP contribution in [0.5, 0.6) is 0 Å². The minimum Gasteiger partial charge on any atom is -0.465 e. The van der Waals surface area contributed by atoms with Crippen molar-refractivity contribution >= 4 is 40.9 Å². The number of hydrogen-bond donors (Lipinski definition) is 0. The van der Waals surface area contributed by atoms with Crippen molar-refractivity contribution < 1.29 is 23.9 Å². The van der Waals surface area contributed by atoms with Gasteiger partial charge in [0.1, 0.15) is 11.8 Å². The molecule has 1 saturated heterocycles. The SMILES string of the molecule is CCOC(=O)C1C(=O)C(C(=O)OCC)C(c2ccc(Cl)cc2)N(C)C1c1ccc(Cl)cc1. The summed E-state index contributed by atoms with van der Waals surface area (Å²) in [6.45, 7) is 3.58. The quantitative estimate of drug-likeness (QED) is 0.445. The van der Waals surface area contributed by atoms with Gasteiger partial charge in [-0.2, -0.15) is 0 Å². The van der Waals surface area contributed by atoms with E-state index >= 15 is 0 Å². The number of esters is 2. The van der Waals surface area contributed by atoms with Gasteiger partial charge in [-0.3, -0.25) is 19.3 Å². The highest BCUT2D eigenvalue weighted by Gasteiger charge is 2.55. The van der Waals surface area contributed by atoms with Gasteiger partial charge in [-0.1, -0.05) is 47.5 Å². The predicted octanol–water partition coefficient (Wildman–Crippen LogP) is 4.65. The van der Waals surface area contributed by atoms with E-state index in [0.29, 0.717) is 21.2 Å². The van der Waals surface area contributed by atoms with Crippen molar-refractivity contribution in [1.29, 1.82) is 0 Å². The van der Waals surface area contributed by atoms with Crippen molar-refractivity contribution in [3.63, 3.8) is 0 Å². The number of carbonyl (C=O) groups is 3. The van der Waals surface area contributed by atoms with Crippen LogP contribution in [0.1, 0.15) is 37.1 Å². The van der Waals surface area contributed by atoms with Gasteiger partial charge in [0.15, 0.2) is 5.78 Å². The summed E-state index contributed by atoms with van der Waals surface area (Å²) in [4.78, 5) is 41.5. The first kappa shape index (κ1) is 24.2. The molecule has 2 aromatic rings. The first-order valence-corrected chi connectivity index (χ1v) is 11.2. The van der Waals surface area contributed by atoms with Crippen molar-refractivity contribution in [2.24, 2.45) is 11.8 Å². The van der Waals surface area contributed by atoms with Crippen LogP contribution in [0.4, 0.5) is 0 Å². The Morgan fingerprint density at radius 3 is 1.44 bits per heavy atom. The van der Waals surface area contributed by atoms with Gasteiger partial charge in [0, 0.05) is 10.0 Å². The molecule has 3 rings (SSSR count). The zero-order chi connectivity index (χ0) is 23.4. The minimum atomic E-state index is -1.20. The van der Waals surface area contributed by atoms with E-state index in [4.69, 9.17) is 32.7 Å². The second-order valence-corrected chi connectivity index (χ2v) is 8.39. The molecule has 1 heterocycles. The maximum absolute atomic E-state index is 13.7. The van der Waals surface area contributed by atoms with Crippen LogP contribution in [0.2, 0.25) is 10.0 Å². The zero-order valence-corrected chi connectivity index (χ0v) is 19.6. The normalized spacial score (nSPS) is 23.6. The van der Waals surface area contributed by atoms with Crippen LogP contribution in [-0.2, 0) is 23.9 Å². The molecule has 0 amide bonds. The number of halogens is 2. The molecule has 0 radical (unpaired) electrons. The number of carbonyl (C=O) groups excluding carboxylic acids is 3. The highest BCUT2D eigenvalue weighted by molar-refractivity contribution is 6.30. The molecular weight excluding hydrogens is 453 g/mol. The summed E-state index contributed by atoms with van der Waals surface area (Å²) in [6, 6.07) is 12.6. The molecule has 6 nitrogen and oxygen atoms in total. The Morgan fingerprint density at radius 1 is 0.781 bits per heavy atom. The first-order valence-electron chi connectivity index (χ1n) is 10.4. The van der Waals surface area contributed by atoms with E-state index in [1.807, 2.05) is 4.90 Å². The molecular formula is C24H25Cl2NO5. The molecule has 0 aromatic heterocycles. The van der Waals surface area contributed by atoms with Gasteiger partial charge < -0.3 is 9.47 Å². The third-order valence-electron chi connectivity index (χ3n) is 5.63. The Kier molecular flexibility index (Phi) is 7.93. The van der Waals surface area contributed by atoms with Crippen molar-refractivity contribution in [1.82, 2.24) is 4.90 Å². The Bertz CT molecular complexity index is 899. The summed E-state index contributed by atoms with van der Waals surface area (Å²) < 4.78 is 10.5. The smallest absolute Gasteiger partial charge is 0.318 e. The number of rotatable bonds is 6. The maximum Gasteiger partial charge on any atom is 0.318 e. The van der Waals surface area contributed by atoms with Crippen LogP contribution < -0.4 is 0 Å². The van der Waals surface area contributed by atoms with Crippen molar-refractivity contribution in [3.8, 4) is 0 Å². The number of ketones is 1. The average Bonchev–Trinajstić information content (AvgIpc) is 2.76. The lowest BCUT2D eigenvalue weighted by molar-refractivity contribution is -0.169. The Morgan fingerprint density at radius 2 is 1.12 bits per heavy atom. The van der Waals surface area contributed by atoms with Crippen LogP contribution in [0.15, 0.2) is 48.5 Å². The van der Waals surface area contributed by atoms with Gasteiger partial charge in [0.05, 0.1) is 25.3 Å². The standard InChI is InChI=1S/C24H25Cl2NO5/c1-4-31-23(29)18-20(14-6-10-16(25)11-7-14)27(3)21(15-8-12-17(26)13-9-15)19(22(18)28)24(30)32-5-2/h6-13,18-21H,4-5H2,1-3H3. The number of piperidine rings is 1. The van der Waals surface area contributed by atoms with Crippen molar-refractivity contribution in [3.05, 3.63) is 69.7 Å². The van der Waals surface area contributed by atoms with Gasteiger partial charge in [0.2, 0.25) is 0 Å². The number of nitrogens with zero attached hydrogens (tertiary/aromatic N) is 1. The molecule has 1 aliphatic heterocycles. The van der Waals surface area contributed by atoms with E-state index in [-0.39, 0.29) is 13.2 Å². The fourth-order valence-corrected chi connectivity index (χ4v) is 4.53. The third kappa shape index (κ3) is 4.82. The largest absolute Gasteiger partial charge is 0.465 e. The van der Waals surface area contributed by atoms with Gasteiger partial charge in [-0.25, -0.2) is 0 Å². The highest BCUT2D eigenvalue weighted by atomic mass is 35.5. The summed E-state index contributed by atoms with van der Waals surface area (Å²) >= 11 is 12.1. The molecule has 0 saturated carbocycles. The molecule has 1 fully saturated rings. The Labute approximate surface area is 197 Å². The van der Waals surface area contributed by atoms with Crippen molar-refractivity contribution in [2.75, 3.05) is 20.3 Å². The monoisotopic (exact) mass is 477 g/mol. The second kappa shape index (κ2) is 10.5. The molecule has 170 valence electrons. The van der Waals surface area contributed by atoms with Crippen LogP contribution >= 0.6 is 23.2 Å². The molecule has 1 aliphatic rings. The van der Waals surface area contributed by atoms with E-state index < -0.39 is 41.6 Å². The van der Waals surface area contributed by atoms with E-state index in [2.05, 4.69) is 0 Å². The number of hydrogen-bond acceptors (Lipinski definition) is 6. The van der Waals surface area contributed by atoms with Gasteiger partial charge in [-0.15, -0.1) is 0 Å². The number of likely N-dealkylation sites (tertiary alicyclic amines) is 1. The van der Waals surface area contributed by atoms with Gasteiger partial charge in [-0.05, 0) is 56.3 Å². The fourth-order valence-electron chi connectivity index (χ4n) is 4.28. The van der Waals surface area contributed by atoms with Gasteiger partial charge >= 0.3 is 11.9 Å². The van der Waals surface area contributed by atoms with E-state index in [1.165, 1.54) is 0 Å². The van der Waals surface area contributed by atoms with Crippen LogP contribution in [0, 0.1) is 11.8 Å². The predicted molar refractivity (Wildman–Crippen MR) is 121 cm³/mol. The molecule has 2 aromatic carbocycles. The van der Waals surface area contributed by atoms with E-state index in [9.17, 15) is 14.4 Å². The molecule has 0 N–H and O–H groups in total.